The Morgan fingerprint density at radius 3 is 2.83 bits per heavy atom. The summed E-state index contributed by atoms with van der Waals surface area (Å²) in [4.78, 5) is 2.41. The Morgan fingerprint density at radius 1 is 1.83 bits per heavy atom. The lowest BCUT2D eigenvalue weighted by molar-refractivity contribution is 0.645. The maximum Gasteiger partial charge on any atom is 0.0840 e. The lowest BCUT2D eigenvalue weighted by Gasteiger charge is -1.97. The first-order valence-corrected chi connectivity index (χ1v) is 2.40. The van der Waals surface area contributed by atoms with Gasteiger partial charge in [-0.25, -0.2) is 0 Å². The van der Waals surface area contributed by atoms with Crippen LogP contribution in [-0.4, -0.2) is 17.0 Å². The molecule has 2 aliphatic heterocycles. The van der Waals surface area contributed by atoms with Crippen molar-refractivity contribution in [3.05, 3.63) is 11.8 Å². The molecule has 1 aliphatic carbocycles. The molecule has 0 aromatic heterocycles. The van der Waals surface area contributed by atoms with Crippen LogP contribution < -0.4 is 0 Å². The molecule has 1 saturated heterocycles. The topological polar surface area (TPSA) is 3.01 Å². The van der Waals surface area contributed by atoms with Gasteiger partial charge in [0.15, 0.2) is 0 Å². The summed E-state index contributed by atoms with van der Waals surface area (Å²) in [6.07, 6.45) is 3.69. The summed E-state index contributed by atoms with van der Waals surface area (Å²) in [6.45, 7) is 1.36. The van der Waals surface area contributed by atoms with Crippen molar-refractivity contribution in [3.63, 3.8) is 0 Å². The monoisotopic (exact) mass is 79.0 g/mol. The zero-order chi connectivity index (χ0) is 3.78. The molecule has 1 spiro atoms. The SMILES string of the molecule is C1=C2CC23CN13. The Labute approximate surface area is 36.3 Å². The van der Waals surface area contributed by atoms with Crippen molar-refractivity contribution in [2.45, 2.75) is 12.0 Å². The Kier molecular flexibility index (Phi) is 0.0901. The molecule has 0 radical (unpaired) electrons. The molecule has 0 amide bonds. The van der Waals surface area contributed by atoms with Gasteiger partial charge in [0.05, 0.1) is 5.54 Å². The third-order valence-electron chi connectivity index (χ3n) is 2.15. The molecule has 0 bridgehead atoms. The van der Waals surface area contributed by atoms with Crippen LogP contribution in [0.25, 0.3) is 0 Å². The van der Waals surface area contributed by atoms with Crippen LogP contribution in [0.2, 0.25) is 0 Å². The average molecular weight is 79.1 g/mol. The first kappa shape index (κ1) is 2.01. The van der Waals surface area contributed by atoms with Crippen molar-refractivity contribution in [2.75, 3.05) is 6.54 Å². The summed E-state index contributed by atoms with van der Waals surface area (Å²) in [7, 11) is 0. The van der Waals surface area contributed by atoms with E-state index in [-0.39, 0.29) is 0 Å². The van der Waals surface area contributed by atoms with Gasteiger partial charge >= 0.3 is 0 Å². The van der Waals surface area contributed by atoms with E-state index in [0.29, 0.717) is 0 Å². The van der Waals surface area contributed by atoms with Gasteiger partial charge in [-0.1, -0.05) is 0 Å². The Morgan fingerprint density at radius 2 is 2.83 bits per heavy atom. The van der Waals surface area contributed by atoms with E-state index in [4.69, 9.17) is 0 Å². The molecular formula is C5H5N. The van der Waals surface area contributed by atoms with Gasteiger partial charge in [0.1, 0.15) is 0 Å². The number of hydrogen-bond acceptors (Lipinski definition) is 1. The molecule has 1 saturated carbocycles. The largest absolute Gasteiger partial charge is 0.363 e. The number of nitrogens with zero attached hydrogens (tertiary/aromatic N) is 1. The molecule has 3 rings (SSSR count). The molecule has 2 fully saturated rings. The molecule has 1 unspecified atom stereocenters. The highest BCUT2D eigenvalue weighted by molar-refractivity contribution is 5.57. The number of rotatable bonds is 0. The van der Waals surface area contributed by atoms with Crippen LogP contribution >= 0.6 is 0 Å². The fourth-order valence-electron chi connectivity index (χ4n) is 1.42. The van der Waals surface area contributed by atoms with Crippen molar-refractivity contribution < 1.29 is 0 Å². The fraction of sp³-hybridized carbons (Fsp3) is 0.600. The quantitative estimate of drug-likeness (QED) is 0.378. The molecule has 3 aliphatic rings. The number of hydrogen-bond donors (Lipinski definition) is 0. The highest BCUT2D eigenvalue weighted by atomic mass is 15.4. The highest BCUT2D eigenvalue weighted by Crippen LogP contribution is 2.67. The molecule has 1 heteroatoms. The van der Waals surface area contributed by atoms with E-state index in [1.807, 2.05) is 0 Å². The maximum atomic E-state index is 2.41. The summed E-state index contributed by atoms with van der Waals surface area (Å²) in [6, 6.07) is 0. The van der Waals surface area contributed by atoms with E-state index < -0.39 is 0 Å². The van der Waals surface area contributed by atoms with Crippen molar-refractivity contribution in [1.82, 2.24) is 4.90 Å². The van der Waals surface area contributed by atoms with Gasteiger partial charge in [-0.15, -0.1) is 0 Å². The molecule has 0 aromatic rings. The second-order valence-corrected chi connectivity index (χ2v) is 2.49. The van der Waals surface area contributed by atoms with Gasteiger partial charge in [-0.3, -0.25) is 0 Å². The van der Waals surface area contributed by atoms with Crippen LogP contribution in [-0.2, 0) is 0 Å². The predicted molar refractivity (Wildman–Crippen MR) is 22.1 cm³/mol. The second-order valence-electron chi connectivity index (χ2n) is 2.49. The predicted octanol–water partition coefficient (Wildman–Crippen LogP) is 0.342. The van der Waals surface area contributed by atoms with Gasteiger partial charge in [-0.05, 0) is 5.57 Å². The molecule has 1 nitrogen and oxygen atoms in total. The van der Waals surface area contributed by atoms with Crippen molar-refractivity contribution >= 4 is 0 Å². The third kappa shape index (κ3) is 0.0492. The summed E-state index contributed by atoms with van der Waals surface area (Å²) in [5.41, 5.74) is 2.46. The average Bonchev–Trinajstić information content (AvgIpc) is 2.31. The molecule has 6 heavy (non-hydrogen) atoms. The van der Waals surface area contributed by atoms with Gasteiger partial charge in [0, 0.05) is 19.2 Å². The smallest absolute Gasteiger partial charge is 0.0840 e. The summed E-state index contributed by atoms with van der Waals surface area (Å²) in [5.74, 6) is 0. The van der Waals surface area contributed by atoms with Gasteiger partial charge in [0.25, 0.3) is 0 Å². The van der Waals surface area contributed by atoms with Crippen molar-refractivity contribution in [1.29, 1.82) is 0 Å². The first-order chi connectivity index (χ1) is 2.92. The molecular weight excluding hydrogens is 74.1 g/mol. The fourth-order valence-corrected chi connectivity index (χ4v) is 1.42. The zero-order valence-electron chi connectivity index (χ0n) is 3.44. The maximum absolute atomic E-state index is 2.41. The van der Waals surface area contributed by atoms with Crippen LogP contribution in [0, 0.1) is 0 Å². The van der Waals surface area contributed by atoms with Crippen molar-refractivity contribution in [2.24, 2.45) is 0 Å². The molecule has 0 N–H and O–H groups in total. The van der Waals surface area contributed by atoms with Gasteiger partial charge in [0.2, 0.25) is 0 Å². The highest BCUT2D eigenvalue weighted by Gasteiger charge is 2.72. The van der Waals surface area contributed by atoms with E-state index >= 15 is 0 Å². The summed E-state index contributed by atoms with van der Waals surface area (Å²) >= 11 is 0. The molecule has 30 valence electrons. The first-order valence-electron chi connectivity index (χ1n) is 2.40. The second kappa shape index (κ2) is 0.269. The van der Waals surface area contributed by atoms with E-state index in [1.165, 1.54) is 13.0 Å². The minimum Gasteiger partial charge on any atom is -0.363 e. The summed E-state index contributed by atoms with van der Waals surface area (Å²) in [5, 5.41) is 0. The van der Waals surface area contributed by atoms with Crippen LogP contribution in [0.1, 0.15) is 6.42 Å². The van der Waals surface area contributed by atoms with Crippen LogP contribution in [0.3, 0.4) is 0 Å². The van der Waals surface area contributed by atoms with Gasteiger partial charge in [-0.2, -0.15) is 0 Å². The summed E-state index contributed by atoms with van der Waals surface area (Å²) < 4.78 is 0. The minimum atomic E-state index is 0.750. The van der Waals surface area contributed by atoms with E-state index in [9.17, 15) is 0 Å². The Hall–Kier alpha value is -0.460. The Bertz CT molecular complexity index is 159. The molecule has 0 aromatic carbocycles. The van der Waals surface area contributed by atoms with E-state index in [2.05, 4.69) is 11.1 Å². The van der Waals surface area contributed by atoms with Crippen LogP contribution in [0.5, 0.6) is 0 Å². The van der Waals surface area contributed by atoms with E-state index in [0.717, 1.165) is 5.54 Å². The molecule has 2 heterocycles. The van der Waals surface area contributed by atoms with Crippen LogP contribution in [0.4, 0.5) is 0 Å². The van der Waals surface area contributed by atoms with Crippen LogP contribution in [0.15, 0.2) is 11.8 Å². The third-order valence-corrected chi connectivity index (χ3v) is 2.15. The lowest BCUT2D eigenvalue weighted by atomic mass is 10.4. The minimum absolute atomic E-state index is 0.750. The lowest BCUT2D eigenvalue weighted by Crippen LogP contribution is -1.99. The van der Waals surface area contributed by atoms with Gasteiger partial charge < -0.3 is 4.90 Å². The zero-order valence-corrected chi connectivity index (χ0v) is 3.44. The van der Waals surface area contributed by atoms with E-state index in [1.54, 1.807) is 5.57 Å². The molecule has 1 atom stereocenters. The standard InChI is InChI=1S/C5H5N/c1-4-2-6-3-5(1,4)6/h2H,1,3H2. The normalized spacial score (nSPS) is 54.7. The Balaban J connectivity index is 2.50. The van der Waals surface area contributed by atoms with Crippen molar-refractivity contribution in [3.8, 4) is 0 Å².